The lowest BCUT2D eigenvalue weighted by Gasteiger charge is -2.42. The number of carboxylic acids is 1. The van der Waals surface area contributed by atoms with Gasteiger partial charge in [0, 0.05) is 6.92 Å². The fourth-order valence-electron chi connectivity index (χ4n) is 1.88. The van der Waals surface area contributed by atoms with E-state index in [-0.39, 0.29) is 0 Å². The minimum absolute atomic E-state index is 0.433. The molecule has 10 nitrogen and oxygen atoms in total. The molecule has 0 radical (unpaired) electrons. The second-order valence-electron chi connectivity index (χ2n) is 4.71. The van der Waals surface area contributed by atoms with Crippen LogP contribution in [0.15, 0.2) is 0 Å². The summed E-state index contributed by atoms with van der Waals surface area (Å²) < 4.78 is 10.4. The smallest absolute Gasteiger partial charge is 0.322 e. The van der Waals surface area contributed by atoms with Gasteiger partial charge in [-0.15, -0.1) is 0 Å². The molecule has 1 heterocycles. The predicted octanol–water partition coefficient (Wildman–Crippen LogP) is -3.64. The van der Waals surface area contributed by atoms with Crippen LogP contribution in [0.25, 0.3) is 0 Å². The summed E-state index contributed by atoms with van der Waals surface area (Å²) in [6.45, 7) is 0.171. The summed E-state index contributed by atoms with van der Waals surface area (Å²) in [4.78, 5) is 21.7. The molecule has 1 amide bonds. The molecule has 0 aliphatic carbocycles. The number of carbonyl (C=O) groups excluding carboxylic acids is 1. The van der Waals surface area contributed by atoms with Crippen molar-refractivity contribution < 1.29 is 39.5 Å². The van der Waals surface area contributed by atoms with Gasteiger partial charge in [-0.05, 0) is 0 Å². The van der Waals surface area contributed by atoms with Crippen molar-refractivity contribution in [2.75, 3.05) is 13.2 Å². The number of carboxylic acid groups (broad SMARTS) is 1. The van der Waals surface area contributed by atoms with E-state index >= 15 is 0 Å². The highest BCUT2D eigenvalue weighted by molar-refractivity contribution is 5.73. The number of aliphatic carboxylic acids is 1. The lowest BCUT2D eigenvalue weighted by molar-refractivity contribution is -0.270. The Labute approximate surface area is 120 Å². The van der Waals surface area contributed by atoms with Crippen LogP contribution in [-0.2, 0) is 19.1 Å². The summed E-state index contributed by atoms with van der Waals surface area (Å²) in [5, 5.41) is 39.8. The second-order valence-corrected chi connectivity index (χ2v) is 4.71. The Bertz CT molecular complexity index is 379. The Morgan fingerprint density at radius 3 is 2.48 bits per heavy atom. The van der Waals surface area contributed by atoms with E-state index in [1.165, 1.54) is 6.92 Å². The van der Waals surface area contributed by atoms with Gasteiger partial charge in [-0.2, -0.15) is 0 Å². The molecule has 1 aliphatic heterocycles. The predicted molar refractivity (Wildman–Crippen MR) is 66.9 cm³/mol. The Hall–Kier alpha value is -1.30. The third kappa shape index (κ3) is 4.59. The van der Waals surface area contributed by atoms with Gasteiger partial charge in [0.25, 0.3) is 0 Å². The molecule has 1 aliphatic rings. The highest BCUT2D eigenvalue weighted by Crippen LogP contribution is 2.22. The molecule has 7 N–H and O–H groups in total. The minimum Gasteiger partial charge on any atom is -0.480 e. The van der Waals surface area contributed by atoms with Crippen molar-refractivity contribution >= 4 is 11.9 Å². The zero-order chi connectivity index (χ0) is 16.2. The topological polar surface area (TPSA) is 172 Å². The summed E-state index contributed by atoms with van der Waals surface area (Å²) in [5.74, 6) is -1.80. The van der Waals surface area contributed by atoms with Crippen LogP contribution in [-0.4, -0.2) is 82.2 Å². The number of aliphatic hydroxyl groups excluding tert-OH is 3. The summed E-state index contributed by atoms with van der Waals surface area (Å²) in [7, 11) is 0. The number of nitrogens with two attached hydrogens (primary N) is 1. The van der Waals surface area contributed by atoms with E-state index in [0.717, 1.165) is 0 Å². The first kappa shape index (κ1) is 17.8. The van der Waals surface area contributed by atoms with Gasteiger partial charge in [0.2, 0.25) is 5.91 Å². The van der Waals surface area contributed by atoms with Crippen molar-refractivity contribution in [1.82, 2.24) is 5.32 Å². The Morgan fingerprint density at radius 1 is 1.38 bits per heavy atom. The number of aliphatic hydroxyl groups is 3. The quantitative estimate of drug-likeness (QED) is 0.289. The lowest BCUT2D eigenvalue weighted by Crippen LogP contribution is -2.64. The van der Waals surface area contributed by atoms with Gasteiger partial charge in [-0.25, -0.2) is 0 Å². The van der Waals surface area contributed by atoms with Crippen molar-refractivity contribution in [3.8, 4) is 0 Å². The molecule has 1 fully saturated rings. The molecule has 0 aromatic rings. The fraction of sp³-hybridized carbons (Fsp3) is 0.818. The molecule has 1 rings (SSSR count). The van der Waals surface area contributed by atoms with Crippen LogP contribution in [0.2, 0.25) is 0 Å². The first-order valence-corrected chi connectivity index (χ1v) is 6.27. The average molecular weight is 308 g/mol. The number of hydrogen-bond donors (Lipinski definition) is 6. The summed E-state index contributed by atoms with van der Waals surface area (Å²) in [6, 6.07) is -2.44. The molecule has 0 aromatic heterocycles. The lowest BCUT2D eigenvalue weighted by atomic mass is 9.97. The van der Waals surface area contributed by atoms with Gasteiger partial charge < -0.3 is 41.0 Å². The van der Waals surface area contributed by atoms with Crippen LogP contribution in [0.1, 0.15) is 6.92 Å². The molecular formula is C11H20N2O8. The molecule has 10 heteroatoms. The molecule has 2 unspecified atom stereocenters. The molecular weight excluding hydrogens is 288 g/mol. The minimum atomic E-state index is -1.45. The standard InChI is InChI=1S/C11H20N2O8/c1-4(15)13-7-9(17)8(16)6(2-14)21-11(7)20-3-5(12)10(18)19/h5-9,11,14,16-17H,2-3,12H2,1H3,(H,13,15)(H,18,19)/t5-,6?,7-,8+,9?,11+/m0/s1. The van der Waals surface area contributed by atoms with E-state index < -0.39 is 61.8 Å². The highest BCUT2D eigenvalue weighted by Gasteiger charge is 2.45. The normalized spacial score (nSPS) is 34.2. The molecule has 0 bridgehead atoms. The molecule has 1 saturated heterocycles. The number of hydrogen-bond acceptors (Lipinski definition) is 8. The van der Waals surface area contributed by atoms with Crippen molar-refractivity contribution in [2.45, 2.75) is 43.6 Å². The van der Waals surface area contributed by atoms with E-state index in [0.29, 0.717) is 0 Å². The van der Waals surface area contributed by atoms with Crippen molar-refractivity contribution in [1.29, 1.82) is 0 Å². The number of amides is 1. The van der Waals surface area contributed by atoms with Crippen molar-refractivity contribution in [3.05, 3.63) is 0 Å². The van der Waals surface area contributed by atoms with Crippen molar-refractivity contribution in [2.24, 2.45) is 5.73 Å². The molecule has 6 atom stereocenters. The Morgan fingerprint density at radius 2 is 2.00 bits per heavy atom. The fourth-order valence-corrected chi connectivity index (χ4v) is 1.88. The van der Waals surface area contributed by atoms with E-state index in [9.17, 15) is 19.8 Å². The SMILES string of the molecule is CC(=O)N[C@H]1C(O)[C@H](O)C(CO)O[C@H]1OC[C@H](N)C(=O)O. The van der Waals surface area contributed by atoms with Crippen LogP contribution >= 0.6 is 0 Å². The van der Waals surface area contributed by atoms with E-state index in [1.807, 2.05) is 0 Å². The Balaban J connectivity index is 2.78. The van der Waals surface area contributed by atoms with Crippen LogP contribution < -0.4 is 11.1 Å². The number of nitrogens with one attached hydrogen (secondary N) is 1. The van der Waals surface area contributed by atoms with Gasteiger partial charge in [0.15, 0.2) is 6.29 Å². The largest absolute Gasteiger partial charge is 0.480 e. The Kier molecular flexibility index (Phi) is 6.45. The average Bonchev–Trinajstić information content (AvgIpc) is 2.42. The maximum Gasteiger partial charge on any atom is 0.322 e. The van der Waals surface area contributed by atoms with E-state index in [2.05, 4.69) is 5.32 Å². The summed E-state index contributed by atoms with van der Waals surface area (Å²) in [6.07, 6.45) is -5.27. The molecule has 21 heavy (non-hydrogen) atoms. The second kappa shape index (κ2) is 7.64. The summed E-state index contributed by atoms with van der Waals surface area (Å²) >= 11 is 0. The molecule has 0 aromatic carbocycles. The van der Waals surface area contributed by atoms with E-state index in [1.54, 1.807) is 0 Å². The van der Waals surface area contributed by atoms with E-state index in [4.69, 9.17) is 25.4 Å². The first-order valence-electron chi connectivity index (χ1n) is 6.27. The van der Waals surface area contributed by atoms with Gasteiger partial charge in [0.05, 0.1) is 13.2 Å². The van der Waals surface area contributed by atoms with Gasteiger partial charge in [0.1, 0.15) is 30.4 Å². The number of carbonyl (C=O) groups is 2. The zero-order valence-electron chi connectivity index (χ0n) is 11.4. The zero-order valence-corrected chi connectivity index (χ0v) is 11.4. The summed E-state index contributed by atoms with van der Waals surface area (Å²) in [5.41, 5.74) is 5.28. The third-order valence-corrected chi connectivity index (χ3v) is 3.01. The maximum atomic E-state index is 11.1. The van der Waals surface area contributed by atoms with Crippen LogP contribution in [0.3, 0.4) is 0 Å². The van der Waals surface area contributed by atoms with Crippen LogP contribution in [0.5, 0.6) is 0 Å². The van der Waals surface area contributed by atoms with Gasteiger partial charge in [-0.1, -0.05) is 0 Å². The highest BCUT2D eigenvalue weighted by atomic mass is 16.7. The van der Waals surface area contributed by atoms with Gasteiger partial charge in [-0.3, -0.25) is 9.59 Å². The monoisotopic (exact) mass is 308 g/mol. The third-order valence-electron chi connectivity index (χ3n) is 3.01. The molecule has 122 valence electrons. The number of rotatable bonds is 6. The maximum absolute atomic E-state index is 11.1. The number of ether oxygens (including phenoxy) is 2. The molecule has 0 spiro atoms. The first-order chi connectivity index (χ1) is 9.77. The van der Waals surface area contributed by atoms with Crippen LogP contribution in [0, 0.1) is 0 Å². The molecule has 0 saturated carbocycles. The van der Waals surface area contributed by atoms with Crippen molar-refractivity contribution in [3.63, 3.8) is 0 Å². The van der Waals surface area contributed by atoms with Gasteiger partial charge >= 0.3 is 5.97 Å². The van der Waals surface area contributed by atoms with Crippen LogP contribution in [0.4, 0.5) is 0 Å².